The van der Waals surface area contributed by atoms with Crippen LogP contribution in [0.1, 0.15) is 35.3 Å². The molecule has 0 radical (unpaired) electrons. The Hall–Kier alpha value is -4.29. The van der Waals surface area contributed by atoms with Crippen LogP contribution in [0.4, 0.5) is 4.39 Å². The number of halogens is 1. The third-order valence-corrected chi connectivity index (χ3v) is 9.00. The Labute approximate surface area is 239 Å². The fraction of sp³-hybridized carbons (Fsp3) is 0.257. The van der Waals surface area contributed by atoms with E-state index >= 15 is 0 Å². The Morgan fingerprint density at radius 3 is 2.44 bits per heavy atom. The summed E-state index contributed by atoms with van der Waals surface area (Å²) in [6.45, 7) is 6.39. The molecule has 0 N–H and O–H groups in total. The minimum atomic E-state index is -0.311. The van der Waals surface area contributed by atoms with Crippen molar-refractivity contribution in [2.24, 2.45) is 11.8 Å². The number of ether oxygens (including phenoxy) is 1. The highest BCUT2D eigenvalue weighted by Gasteiger charge is 2.72. The fourth-order valence-corrected chi connectivity index (χ4v) is 7.31. The molecular weight excluding hydrogens is 513 g/mol. The first kappa shape index (κ1) is 25.7. The van der Waals surface area contributed by atoms with Crippen LogP contribution in [0.25, 0.3) is 16.6 Å². The number of piperidine rings is 1. The second kappa shape index (κ2) is 9.96. The summed E-state index contributed by atoms with van der Waals surface area (Å²) in [5, 5.41) is 5.71. The maximum Gasteiger partial charge on any atom is 0.303 e. The minimum Gasteiger partial charge on any atom is -0.457 e. The molecule has 0 amide bonds. The van der Waals surface area contributed by atoms with E-state index in [9.17, 15) is 9.18 Å². The van der Waals surface area contributed by atoms with Crippen LogP contribution in [-0.4, -0.2) is 33.7 Å². The molecule has 5 nitrogen and oxygen atoms in total. The van der Waals surface area contributed by atoms with Gasteiger partial charge in [0, 0.05) is 43.3 Å². The van der Waals surface area contributed by atoms with E-state index in [2.05, 4.69) is 71.5 Å². The lowest BCUT2D eigenvalue weighted by Crippen LogP contribution is -2.31. The molecule has 1 saturated carbocycles. The normalized spacial score (nSPS) is 22.4. The van der Waals surface area contributed by atoms with Crippen molar-refractivity contribution < 1.29 is 13.9 Å². The van der Waals surface area contributed by atoms with Gasteiger partial charge in [-0.25, -0.2) is 9.07 Å². The monoisotopic (exact) mass is 545 g/mol. The van der Waals surface area contributed by atoms with E-state index in [1.54, 1.807) is 12.1 Å². The van der Waals surface area contributed by atoms with Crippen LogP contribution in [0, 0.1) is 24.6 Å². The maximum atomic E-state index is 13.6. The number of fused-ring (bicyclic) bond motifs is 2. The van der Waals surface area contributed by atoms with Gasteiger partial charge >= 0.3 is 5.97 Å². The average Bonchev–Trinajstić information content (AvgIpc) is 3.22. The van der Waals surface area contributed by atoms with Crippen molar-refractivity contribution in [2.75, 3.05) is 13.1 Å². The predicted octanol–water partition coefficient (Wildman–Crippen LogP) is 6.78. The number of rotatable bonds is 7. The maximum absolute atomic E-state index is 13.6. The number of benzene rings is 4. The topological polar surface area (TPSA) is 47.4 Å². The van der Waals surface area contributed by atoms with Crippen molar-refractivity contribution in [3.05, 3.63) is 131 Å². The lowest BCUT2D eigenvalue weighted by atomic mass is 9.86. The minimum absolute atomic E-state index is 0.152. The van der Waals surface area contributed by atoms with E-state index in [1.807, 2.05) is 29.1 Å². The molecule has 1 saturated heterocycles. The van der Waals surface area contributed by atoms with Crippen LogP contribution in [0.2, 0.25) is 0 Å². The predicted molar refractivity (Wildman–Crippen MR) is 157 cm³/mol. The first-order valence-corrected chi connectivity index (χ1v) is 14.2. The number of aryl methyl sites for hydroxylation is 1. The van der Waals surface area contributed by atoms with Crippen molar-refractivity contribution in [1.29, 1.82) is 0 Å². The van der Waals surface area contributed by atoms with Gasteiger partial charge in [0.15, 0.2) is 0 Å². The number of hydrogen-bond donors (Lipinski definition) is 0. The van der Waals surface area contributed by atoms with Crippen molar-refractivity contribution in [3.8, 4) is 5.69 Å². The molecule has 4 aromatic carbocycles. The molecule has 206 valence electrons. The molecule has 2 aliphatic rings. The van der Waals surface area contributed by atoms with Crippen molar-refractivity contribution in [1.82, 2.24) is 14.7 Å². The number of aromatic nitrogens is 2. The van der Waals surface area contributed by atoms with Gasteiger partial charge in [0.05, 0.1) is 17.4 Å². The molecule has 0 bridgehead atoms. The van der Waals surface area contributed by atoms with E-state index in [0.717, 1.165) is 41.8 Å². The molecule has 6 heteroatoms. The largest absolute Gasteiger partial charge is 0.457 e. The van der Waals surface area contributed by atoms with Crippen LogP contribution in [0.15, 0.2) is 103 Å². The molecule has 41 heavy (non-hydrogen) atoms. The van der Waals surface area contributed by atoms with Gasteiger partial charge in [-0.3, -0.25) is 9.69 Å². The molecule has 2 fully saturated rings. The van der Waals surface area contributed by atoms with Crippen LogP contribution in [-0.2, 0) is 21.5 Å². The lowest BCUT2D eigenvalue weighted by Gasteiger charge is -2.29. The molecule has 7 rings (SSSR count). The number of nitrogens with zero attached hydrogens (tertiary/aromatic N) is 3. The first-order chi connectivity index (χ1) is 19.9. The second-order valence-electron chi connectivity index (χ2n) is 11.5. The molecule has 2 heterocycles. The highest BCUT2D eigenvalue weighted by molar-refractivity contribution is 5.83. The number of likely N-dealkylation sites (tertiary alicyclic amines) is 1. The Balaban J connectivity index is 1.31. The van der Waals surface area contributed by atoms with Crippen LogP contribution >= 0.6 is 0 Å². The van der Waals surface area contributed by atoms with E-state index < -0.39 is 0 Å². The Kier molecular flexibility index (Phi) is 6.24. The first-order valence-electron chi connectivity index (χ1n) is 14.2. The molecular formula is C35H32FN3O2. The summed E-state index contributed by atoms with van der Waals surface area (Å²) in [7, 11) is 0. The summed E-state index contributed by atoms with van der Waals surface area (Å²) in [6, 6.07) is 31.7. The van der Waals surface area contributed by atoms with E-state index in [4.69, 9.17) is 4.74 Å². The standard InChI is InChI=1S/C35H32FN3O2/c1-23-17-32-27(19-37-39(32)29-15-13-28(36)14-16-29)18-30(23)35-22-38(20-25-9-5-3-6-10-25)21-31(35)33(35)34(41-24(2)40)26-11-7-4-8-12-26/h3-19,31,33-34H,20-22H2,1-2H3/t31-,33+,34-,35+/m0/s1. The summed E-state index contributed by atoms with van der Waals surface area (Å²) in [5.74, 6) is -0.00770. The molecule has 0 spiro atoms. The van der Waals surface area contributed by atoms with Crippen molar-refractivity contribution in [3.63, 3.8) is 0 Å². The van der Waals surface area contributed by atoms with Gasteiger partial charge in [-0.15, -0.1) is 0 Å². The molecule has 5 aromatic rings. The van der Waals surface area contributed by atoms with Gasteiger partial charge in [-0.2, -0.15) is 5.10 Å². The summed E-state index contributed by atoms with van der Waals surface area (Å²) < 4.78 is 21.5. The van der Waals surface area contributed by atoms with E-state index in [0.29, 0.717) is 5.92 Å². The molecule has 1 aliphatic carbocycles. The second-order valence-corrected chi connectivity index (χ2v) is 11.5. The Morgan fingerprint density at radius 2 is 1.73 bits per heavy atom. The third kappa shape index (κ3) is 4.43. The summed E-state index contributed by atoms with van der Waals surface area (Å²) >= 11 is 0. The fourth-order valence-electron chi connectivity index (χ4n) is 7.31. The quantitative estimate of drug-likeness (QED) is 0.212. The summed E-state index contributed by atoms with van der Waals surface area (Å²) in [4.78, 5) is 14.9. The van der Waals surface area contributed by atoms with Gasteiger partial charge in [0.2, 0.25) is 0 Å². The smallest absolute Gasteiger partial charge is 0.303 e. The number of carbonyl (C=O) groups is 1. The number of hydrogen-bond acceptors (Lipinski definition) is 4. The average molecular weight is 546 g/mol. The third-order valence-electron chi connectivity index (χ3n) is 9.00. The van der Waals surface area contributed by atoms with Crippen LogP contribution in [0.3, 0.4) is 0 Å². The Bertz CT molecular complexity index is 1720. The number of carbonyl (C=O) groups excluding carboxylic acids is 1. The van der Waals surface area contributed by atoms with Gasteiger partial charge in [-0.1, -0.05) is 60.7 Å². The van der Waals surface area contributed by atoms with Crippen LogP contribution in [0.5, 0.6) is 0 Å². The Morgan fingerprint density at radius 1 is 1.02 bits per heavy atom. The zero-order valence-electron chi connectivity index (χ0n) is 23.2. The zero-order valence-corrected chi connectivity index (χ0v) is 23.2. The molecule has 4 atom stereocenters. The lowest BCUT2D eigenvalue weighted by molar-refractivity contribution is -0.148. The van der Waals surface area contributed by atoms with E-state index in [1.165, 1.54) is 35.7 Å². The van der Waals surface area contributed by atoms with Gasteiger partial charge < -0.3 is 4.74 Å². The summed E-state index contributed by atoms with van der Waals surface area (Å²) in [5.41, 5.74) is 6.48. The zero-order chi connectivity index (χ0) is 28.1. The molecule has 1 aromatic heterocycles. The van der Waals surface area contributed by atoms with Crippen molar-refractivity contribution >= 4 is 16.9 Å². The highest BCUT2D eigenvalue weighted by atomic mass is 19.1. The van der Waals surface area contributed by atoms with Crippen molar-refractivity contribution in [2.45, 2.75) is 31.9 Å². The van der Waals surface area contributed by atoms with E-state index in [-0.39, 0.29) is 29.2 Å². The molecule has 0 unspecified atom stereocenters. The SMILES string of the molecule is CC(=O)O[C@@H](c1ccccc1)[C@H]1[C@@H]2CN(Cc3ccccc3)C[C@]12c1cc2cnn(-c3ccc(F)cc3)c2cc1C. The summed E-state index contributed by atoms with van der Waals surface area (Å²) in [6.07, 6.45) is 1.58. The van der Waals surface area contributed by atoms with Gasteiger partial charge in [0.25, 0.3) is 0 Å². The van der Waals surface area contributed by atoms with Crippen LogP contribution < -0.4 is 0 Å². The van der Waals surface area contributed by atoms with Gasteiger partial charge in [-0.05, 0) is 71.5 Å². The van der Waals surface area contributed by atoms with Gasteiger partial charge in [0.1, 0.15) is 11.9 Å². The number of esters is 1. The molecule has 1 aliphatic heterocycles. The highest BCUT2D eigenvalue weighted by Crippen LogP contribution is 2.69.